The van der Waals surface area contributed by atoms with Crippen molar-refractivity contribution in [1.82, 2.24) is 14.8 Å². The van der Waals surface area contributed by atoms with Gasteiger partial charge in [-0.25, -0.2) is 4.39 Å². The zero-order chi connectivity index (χ0) is 11.4. The average molecular weight is 240 g/mol. The minimum atomic E-state index is -0.443. The lowest BCUT2D eigenvalue weighted by Crippen LogP contribution is -2.05. The number of pyridine rings is 1. The lowest BCUT2D eigenvalue weighted by atomic mass is 10.2. The summed E-state index contributed by atoms with van der Waals surface area (Å²) in [6.45, 7) is -0.200. The van der Waals surface area contributed by atoms with Gasteiger partial charge in [0.25, 0.3) is 0 Å². The summed E-state index contributed by atoms with van der Waals surface area (Å²) in [6.07, 6.45) is 3.40. The minimum Gasteiger partial charge on any atom is -0.265 e. The van der Waals surface area contributed by atoms with Gasteiger partial charge in [0, 0.05) is 18.0 Å². The summed E-state index contributed by atoms with van der Waals surface area (Å²) in [5.74, 6) is 0.331. The number of aryl methyl sites for hydroxylation is 1. The Morgan fingerprint density at radius 3 is 2.69 bits per heavy atom. The van der Waals surface area contributed by atoms with E-state index < -0.39 is 6.67 Å². The summed E-state index contributed by atoms with van der Waals surface area (Å²) in [7, 11) is 0. The van der Waals surface area contributed by atoms with Gasteiger partial charge in [-0.15, -0.1) is 11.6 Å². The van der Waals surface area contributed by atoms with Crippen LogP contribution in [0.2, 0.25) is 0 Å². The number of hydrogen-bond donors (Lipinski definition) is 0. The van der Waals surface area contributed by atoms with Crippen LogP contribution in [-0.2, 0) is 12.4 Å². The molecule has 0 unspecified atom stereocenters. The van der Waals surface area contributed by atoms with Gasteiger partial charge in [-0.05, 0) is 18.2 Å². The van der Waals surface area contributed by atoms with Crippen molar-refractivity contribution in [2.24, 2.45) is 0 Å². The third-order valence-electron chi connectivity index (χ3n) is 2.27. The van der Waals surface area contributed by atoms with Crippen molar-refractivity contribution in [3.63, 3.8) is 0 Å². The minimum absolute atomic E-state index is 0.243. The zero-order valence-electron chi connectivity index (χ0n) is 8.61. The van der Waals surface area contributed by atoms with Crippen LogP contribution < -0.4 is 0 Å². The van der Waals surface area contributed by atoms with Crippen LogP contribution in [0.25, 0.3) is 11.3 Å². The van der Waals surface area contributed by atoms with Crippen LogP contribution in [0.4, 0.5) is 4.39 Å². The standard InChI is InChI=1S/C11H11ClFN3/c12-8-10-7-11(15-16(10)6-3-13)9-1-4-14-5-2-9/h1-2,4-5,7H,3,6,8H2. The molecule has 16 heavy (non-hydrogen) atoms. The van der Waals surface area contributed by atoms with E-state index in [2.05, 4.69) is 10.1 Å². The lowest BCUT2D eigenvalue weighted by molar-refractivity contribution is 0.423. The van der Waals surface area contributed by atoms with E-state index in [1.165, 1.54) is 0 Å². The van der Waals surface area contributed by atoms with E-state index >= 15 is 0 Å². The highest BCUT2D eigenvalue weighted by Gasteiger charge is 2.08. The van der Waals surface area contributed by atoms with Crippen LogP contribution in [-0.4, -0.2) is 21.4 Å². The molecular weight excluding hydrogens is 229 g/mol. The maximum atomic E-state index is 12.3. The molecule has 0 radical (unpaired) electrons. The van der Waals surface area contributed by atoms with Crippen molar-refractivity contribution >= 4 is 11.6 Å². The molecule has 0 spiro atoms. The Morgan fingerprint density at radius 2 is 2.06 bits per heavy atom. The molecule has 0 amide bonds. The molecule has 2 aromatic rings. The Labute approximate surface area is 97.9 Å². The van der Waals surface area contributed by atoms with E-state index in [9.17, 15) is 4.39 Å². The molecule has 2 rings (SSSR count). The Morgan fingerprint density at radius 1 is 1.31 bits per heavy atom. The first kappa shape index (κ1) is 11.1. The Kier molecular flexibility index (Phi) is 3.51. The molecule has 3 nitrogen and oxygen atoms in total. The number of halogens is 2. The van der Waals surface area contributed by atoms with Crippen molar-refractivity contribution < 1.29 is 4.39 Å². The number of nitrogens with zero attached hydrogens (tertiary/aromatic N) is 3. The summed E-state index contributed by atoms with van der Waals surface area (Å²) >= 11 is 5.77. The predicted octanol–water partition coefficient (Wildman–Crippen LogP) is 2.65. The van der Waals surface area contributed by atoms with Gasteiger partial charge in [0.1, 0.15) is 6.67 Å². The van der Waals surface area contributed by atoms with Crippen molar-refractivity contribution in [2.75, 3.05) is 6.67 Å². The van der Waals surface area contributed by atoms with Crippen molar-refractivity contribution in [1.29, 1.82) is 0 Å². The molecule has 0 bridgehead atoms. The Hall–Kier alpha value is -1.42. The van der Waals surface area contributed by atoms with Gasteiger partial charge in [-0.1, -0.05) is 0 Å². The van der Waals surface area contributed by atoms with E-state index in [-0.39, 0.29) is 6.54 Å². The van der Waals surface area contributed by atoms with Crippen LogP contribution in [0.1, 0.15) is 5.69 Å². The van der Waals surface area contributed by atoms with Crippen molar-refractivity contribution in [3.8, 4) is 11.3 Å². The van der Waals surface area contributed by atoms with E-state index in [4.69, 9.17) is 11.6 Å². The van der Waals surface area contributed by atoms with Gasteiger partial charge in [-0.2, -0.15) is 5.10 Å². The molecule has 0 saturated heterocycles. The maximum absolute atomic E-state index is 12.3. The second-order valence-corrected chi connectivity index (χ2v) is 3.57. The van der Waals surface area contributed by atoms with Crippen LogP contribution in [0.3, 0.4) is 0 Å². The summed E-state index contributed by atoms with van der Waals surface area (Å²) < 4.78 is 13.9. The summed E-state index contributed by atoms with van der Waals surface area (Å²) in [5.41, 5.74) is 2.58. The molecule has 0 saturated carbocycles. The van der Waals surface area contributed by atoms with Crippen molar-refractivity contribution in [3.05, 3.63) is 36.3 Å². The molecule has 0 aromatic carbocycles. The van der Waals surface area contributed by atoms with Gasteiger partial charge >= 0.3 is 0 Å². The first-order valence-electron chi connectivity index (χ1n) is 4.94. The molecule has 0 N–H and O–H groups in total. The highest BCUT2D eigenvalue weighted by molar-refractivity contribution is 6.16. The Bertz CT molecular complexity index is 456. The van der Waals surface area contributed by atoms with Crippen LogP contribution in [0.5, 0.6) is 0 Å². The monoisotopic (exact) mass is 239 g/mol. The molecule has 0 fully saturated rings. The lowest BCUT2D eigenvalue weighted by Gasteiger charge is -2.00. The largest absolute Gasteiger partial charge is 0.265 e. The number of hydrogen-bond acceptors (Lipinski definition) is 2. The average Bonchev–Trinajstić information content (AvgIpc) is 2.74. The SMILES string of the molecule is FCCn1nc(-c2ccncc2)cc1CCl. The van der Waals surface area contributed by atoms with E-state index in [1.807, 2.05) is 18.2 Å². The van der Waals surface area contributed by atoms with Crippen LogP contribution in [0.15, 0.2) is 30.6 Å². The molecule has 2 aromatic heterocycles. The third kappa shape index (κ3) is 2.22. The second kappa shape index (κ2) is 5.07. The topological polar surface area (TPSA) is 30.7 Å². The van der Waals surface area contributed by atoms with Crippen LogP contribution >= 0.6 is 11.6 Å². The fourth-order valence-electron chi connectivity index (χ4n) is 1.50. The predicted molar refractivity (Wildman–Crippen MR) is 61.0 cm³/mol. The number of alkyl halides is 2. The van der Waals surface area contributed by atoms with Gasteiger partial charge in [0.05, 0.1) is 23.8 Å². The molecule has 0 aliphatic heterocycles. The molecule has 0 atom stereocenters. The molecule has 2 heterocycles. The van der Waals surface area contributed by atoms with E-state index in [1.54, 1.807) is 17.1 Å². The molecule has 0 aliphatic rings. The Balaban J connectivity index is 2.36. The van der Waals surface area contributed by atoms with Gasteiger partial charge in [0.15, 0.2) is 0 Å². The molecular formula is C11H11ClFN3. The summed E-state index contributed by atoms with van der Waals surface area (Å²) in [6, 6.07) is 5.60. The number of aromatic nitrogens is 3. The second-order valence-electron chi connectivity index (χ2n) is 3.30. The molecule has 84 valence electrons. The number of rotatable bonds is 4. The van der Waals surface area contributed by atoms with Crippen molar-refractivity contribution in [2.45, 2.75) is 12.4 Å². The highest BCUT2D eigenvalue weighted by Crippen LogP contribution is 2.19. The quantitative estimate of drug-likeness (QED) is 0.768. The normalized spacial score (nSPS) is 10.6. The smallest absolute Gasteiger partial charge is 0.109 e. The fraction of sp³-hybridized carbons (Fsp3) is 0.273. The summed E-state index contributed by atoms with van der Waals surface area (Å²) in [5, 5.41) is 4.31. The van der Waals surface area contributed by atoms with E-state index in [0.29, 0.717) is 5.88 Å². The highest BCUT2D eigenvalue weighted by atomic mass is 35.5. The first-order chi connectivity index (χ1) is 7.85. The summed E-state index contributed by atoms with van der Waals surface area (Å²) in [4.78, 5) is 3.94. The van der Waals surface area contributed by atoms with Crippen LogP contribution in [0, 0.1) is 0 Å². The van der Waals surface area contributed by atoms with Gasteiger partial charge < -0.3 is 0 Å². The molecule has 0 aliphatic carbocycles. The van der Waals surface area contributed by atoms with Gasteiger partial charge in [-0.3, -0.25) is 9.67 Å². The van der Waals surface area contributed by atoms with Gasteiger partial charge in [0.2, 0.25) is 0 Å². The zero-order valence-corrected chi connectivity index (χ0v) is 9.36. The fourth-order valence-corrected chi connectivity index (χ4v) is 1.72. The third-order valence-corrected chi connectivity index (χ3v) is 2.55. The maximum Gasteiger partial charge on any atom is 0.109 e. The molecule has 5 heteroatoms. The first-order valence-corrected chi connectivity index (χ1v) is 5.47. The van der Waals surface area contributed by atoms with E-state index in [0.717, 1.165) is 17.0 Å².